The molecule has 13 heavy (non-hydrogen) atoms. The number of hydrogen-bond donors (Lipinski definition) is 0. The number of aromatic nitrogens is 5. The third-order valence-electron chi connectivity index (χ3n) is 1.86. The maximum atomic E-state index is 4.09. The largest absolute Gasteiger partial charge is 0.312 e. The van der Waals surface area contributed by atoms with Crippen LogP contribution in [0, 0.1) is 6.92 Å². The molecular weight excluding hydrogens is 166 g/mol. The summed E-state index contributed by atoms with van der Waals surface area (Å²) in [5, 5.41) is 7.90. The summed E-state index contributed by atoms with van der Waals surface area (Å²) in [4.78, 5) is 8.18. The lowest BCUT2D eigenvalue weighted by Crippen LogP contribution is -1.97. The number of hydrogen-bond acceptors (Lipinski definition) is 4. The van der Waals surface area contributed by atoms with E-state index in [2.05, 4.69) is 20.2 Å². The fourth-order valence-electron chi connectivity index (χ4n) is 1.02. The molecule has 0 unspecified atom stereocenters. The maximum Gasteiger partial charge on any atom is 0.201 e. The van der Waals surface area contributed by atoms with E-state index in [0.29, 0.717) is 11.6 Å². The molecule has 2 aromatic heterocycles. The Kier molecular flexibility index (Phi) is 1.77. The third-order valence-corrected chi connectivity index (χ3v) is 1.86. The highest BCUT2D eigenvalue weighted by Crippen LogP contribution is 2.09. The van der Waals surface area contributed by atoms with Crippen molar-refractivity contribution in [1.29, 1.82) is 0 Å². The first-order valence-electron chi connectivity index (χ1n) is 3.92. The Balaban J connectivity index is 2.53. The molecule has 2 aromatic rings. The Labute approximate surface area is 75.5 Å². The highest BCUT2D eigenvalue weighted by molar-refractivity contribution is 5.42. The van der Waals surface area contributed by atoms with Crippen LogP contribution in [-0.4, -0.2) is 24.7 Å². The first kappa shape index (κ1) is 7.85. The smallest absolute Gasteiger partial charge is 0.201 e. The molecule has 0 saturated heterocycles. The van der Waals surface area contributed by atoms with Crippen molar-refractivity contribution in [3.63, 3.8) is 0 Å². The van der Waals surface area contributed by atoms with Crippen molar-refractivity contribution >= 4 is 0 Å². The second-order valence-corrected chi connectivity index (χ2v) is 2.70. The topological polar surface area (TPSA) is 56.5 Å². The molecule has 2 rings (SSSR count). The molecule has 0 aliphatic rings. The molecule has 0 amide bonds. The standard InChI is InChI=1S/C8H9N5/c1-6-11-12-8(13(6)2)7-9-4-3-5-10-7/h3-5H,1-2H3. The van der Waals surface area contributed by atoms with Crippen molar-refractivity contribution in [2.45, 2.75) is 6.92 Å². The summed E-state index contributed by atoms with van der Waals surface area (Å²) in [7, 11) is 1.89. The van der Waals surface area contributed by atoms with Crippen molar-refractivity contribution < 1.29 is 0 Å². The van der Waals surface area contributed by atoms with Crippen LogP contribution in [0.3, 0.4) is 0 Å². The quantitative estimate of drug-likeness (QED) is 0.636. The highest BCUT2D eigenvalue weighted by Gasteiger charge is 2.08. The number of rotatable bonds is 1. The summed E-state index contributed by atoms with van der Waals surface area (Å²) in [5.41, 5.74) is 0. The van der Waals surface area contributed by atoms with Crippen molar-refractivity contribution in [1.82, 2.24) is 24.7 Å². The van der Waals surface area contributed by atoms with Gasteiger partial charge in [-0.1, -0.05) is 0 Å². The highest BCUT2D eigenvalue weighted by atomic mass is 15.3. The molecular formula is C8H9N5. The van der Waals surface area contributed by atoms with E-state index in [1.807, 2.05) is 18.5 Å². The van der Waals surface area contributed by atoms with Crippen LogP contribution in [-0.2, 0) is 7.05 Å². The van der Waals surface area contributed by atoms with E-state index in [9.17, 15) is 0 Å². The molecule has 2 heterocycles. The third kappa shape index (κ3) is 1.28. The van der Waals surface area contributed by atoms with Crippen LogP contribution in [0.4, 0.5) is 0 Å². The Morgan fingerprint density at radius 3 is 2.38 bits per heavy atom. The summed E-state index contributed by atoms with van der Waals surface area (Å²) in [6.07, 6.45) is 3.37. The summed E-state index contributed by atoms with van der Waals surface area (Å²) in [6, 6.07) is 1.77. The van der Waals surface area contributed by atoms with Crippen molar-refractivity contribution in [2.75, 3.05) is 0 Å². The first-order valence-corrected chi connectivity index (χ1v) is 3.92. The molecule has 0 aromatic carbocycles. The molecule has 0 aliphatic carbocycles. The van der Waals surface area contributed by atoms with Gasteiger partial charge in [0.05, 0.1) is 0 Å². The Hall–Kier alpha value is -1.78. The lowest BCUT2D eigenvalue weighted by atomic mass is 10.5. The Morgan fingerprint density at radius 2 is 1.85 bits per heavy atom. The van der Waals surface area contributed by atoms with Gasteiger partial charge in [-0.05, 0) is 13.0 Å². The fourth-order valence-corrected chi connectivity index (χ4v) is 1.02. The van der Waals surface area contributed by atoms with Gasteiger partial charge >= 0.3 is 0 Å². The molecule has 0 fully saturated rings. The van der Waals surface area contributed by atoms with Crippen LogP contribution >= 0.6 is 0 Å². The zero-order valence-corrected chi connectivity index (χ0v) is 7.47. The van der Waals surface area contributed by atoms with Gasteiger partial charge < -0.3 is 4.57 Å². The molecule has 0 N–H and O–H groups in total. The van der Waals surface area contributed by atoms with E-state index in [4.69, 9.17) is 0 Å². The van der Waals surface area contributed by atoms with E-state index < -0.39 is 0 Å². The summed E-state index contributed by atoms with van der Waals surface area (Å²) in [6.45, 7) is 1.89. The van der Waals surface area contributed by atoms with Gasteiger partial charge in [-0.2, -0.15) is 0 Å². The molecule has 5 nitrogen and oxygen atoms in total. The van der Waals surface area contributed by atoms with Crippen LogP contribution in [0.15, 0.2) is 18.5 Å². The lowest BCUT2D eigenvalue weighted by molar-refractivity contribution is 0.856. The van der Waals surface area contributed by atoms with Gasteiger partial charge in [-0.15, -0.1) is 10.2 Å². The van der Waals surface area contributed by atoms with Crippen molar-refractivity contribution in [2.24, 2.45) is 7.05 Å². The van der Waals surface area contributed by atoms with Gasteiger partial charge in [0, 0.05) is 19.4 Å². The van der Waals surface area contributed by atoms with Gasteiger partial charge in [0.2, 0.25) is 5.82 Å². The second kappa shape index (κ2) is 2.93. The number of aryl methyl sites for hydroxylation is 1. The predicted molar refractivity (Wildman–Crippen MR) is 46.8 cm³/mol. The van der Waals surface area contributed by atoms with Crippen LogP contribution in [0.2, 0.25) is 0 Å². The molecule has 0 aliphatic heterocycles. The van der Waals surface area contributed by atoms with Crippen LogP contribution < -0.4 is 0 Å². The average molecular weight is 175 g/mol. The van der Waals surface area contributed by atoms with Gasteiger partial charge in [0.25, 0.3) is 0 Å². The molecule has 0 bridgehead atoms. The molecule has 0 spiro atoms. The van der Waals surface area contributed by atoms with E-state index in [1.54, 1.807) is 18.5 Å². The summed E-state index contributed by atoms with van der Waals surface area (Å²) < 4.78 is 1.86. The molecule has 66 valence electrons. The van der Waals surface area contributed by atoms with E-state index in [0.717, 1.165) is 5.82 Å². The summed E-state index contributed by atoms with van der Waals surface area (Å²) in [5.74, 6) is 2.14. The second-order valence-electron chi connectivity index (χ2n) is 2.70. The van der Waals surface area contributed by atoms with Gasteiger partial charge in [0.1, 0.15) is 5.82 Å². The lowest BCUT2D eigenvalue weighted by Gasteiger charge is -1.98. The zero-order valence-electron chi connectivity index (χ0n) is 7.47. The van der Waals surface area contributed by atoms with E-state index >= 15 is 0 Å². The zero-order chi connectivity index (χ0) is 9.26. The minimum absolute atomic E-state index is 0.602. The van der Waals surface area contributed by atoms with Gasteiger partial charge in [0.15, 0.2) is 5.82 Å². The SMILES string of the molecule is Cc1nnc(-c2ncccn2)n1C. The molecule has 0 atom stereocenters. The minimum atomic E-state index is 0.602. The average Bonchev–Trinajstić information content (AvgIpc) is 2.49. The van der Waals surface area contributed by atoms with Crippen molar-refractivity contribution in [3.8, 4) is 11.6 Å². The molecule has 0 saturated carbocycles. The molecule has 0 radical (unpaired) electrons. The normalized spacial score (nSPS) is 10.3. The maximum absolute atomic E-state index is 4.09. The minimum Gasteiger partial charge on any atom is -0.312 e. The van der Waals surface area contributed by atoms with E-state index in [-0.39, 0.29) is 0 Å². The Morgan fingerprint density at radius 1 is 1.15 bits per heavy atom. The molecule has 5 heteroatoms. The fraction of sp³-hybridized carbons (Fsp3) is 0.250. The predicted octanol–water partition coefficient (Wildman–Crippen LogP) is 0.581. The Bertz CT molecular complexity index is 406. The van der Waals surface area contributed by atoms with E-state index in [1.165, 1.54) is 0 Å². The first-order chi connectivity index (χ1) is 6.29. The number of nitrogens with zero attached hydrogens (tertiary/aromatic N) is 5. The summed E-state index contributed by atoms with van der Waals surface area (Å²) >= 11 is 0. The van der Waals surface area contributed by atoms with Crippen LogP contribution in [0.1, 0.15) is 5.82 Å². The van der Waals surface area contributed by atoms with Crippen molar-refractivity contribution in [3.05, 3.63) is 24.3 Å². The van der Waals surface area contributed by atoms with Crippen LogP contribution in [0.5, 0.6) is 0 Å². The van der Waals surface area contributed by atoms with Crippen LogP contribution in [0.25, 0.3) is 11.6 Å². The van der Waals surface area contributed by atoms with Gasteiger partial charge in [-0.3, -0.25) is 0 Å². The van der Waals surface area contributed by atoms with Gasteiger partial charge in [-0.25, -0.2) is 9.97 Å². The monoisotopic (exact) mass is 175 g/mol.